The van der Waals surface area contributed by atoms with Crippen LogP contribution in [0.4, 0.5) is 0 Å². The highest BCUT2D eigenvalue weighted by molar-refractivity contribution is 5.95. The number of nitrogens with one attached hydrogen (secondary N) is 1. The maximum atomic E-state index is 11.8. The minimum Gasteiger partial charge on any atom is -0.481 e. The minimum absolute atomic E-state index is 0.144. The van der Waals surface area contributed by atoms with E-state index >= 15 is 0 Å². The molecule has 0 aliphatic carbocycles. The summed E-state index contributed by atoms with van der Waals surface area (Å²) in [6, 6.07) is 1.64. The first kappa shape index (κ1) is 14.2. The van der Waals surface area contributed by atoms with Crippen LogP contribution in [-0.4, -0.2) is 36.7 Å². The van der Waals surface area contributed by atoms with Gasteiger partial charge in [-0.3, -0.25) is 9.59 Å². The highest BCUT2D eigenvalue weighted by atomic mass is 16.5. The molecule has 1 aromatic heterocycles. The van der Waals surface area contributed by atoms with Gasteiger partial charge in [0.2, 0.25) is 0 Å². The third kappa shape index (κ3) is 3.89. The standard InChI is InChI=1S/C12H17NO5/c1-7-4-10(8(2)18-7)12(16)13-6-9(17-3)5-11(14)15/h4,9H,5-6H2,1-3H3,(H,13,16)(H,14,15). The molecule has 1 amide bonds. The molecule has 2 N–H and O–H groups in total. The lowest BCUT2D eigenvalue weighted by Crippen LogP contribution is -2.34. The number of carboxylic acids is 1. The monoisotopic (exact) mass is 255 g/mol. The van der Waals surface area contributed by atoms with Crippen molar-refractivity contribution in [2.75, 3.05) is 13.7 Å². The number of aliphatic carboxylic acids is 1. The van der Waals surface area contributed by atoms with Crippen LogP contribution in [0.1, 0.15) is 28.3 Å². The Bertz CT molecular complexity index is 438. The van der Waals surface area contributed by atoms with E-state index in [0.29, 0.717) is 17.1 Å². The third-order valence-corrected chi connectivity index (χ3v) is 2.51. The van der Waals surface area contributed by atoms with Crippen LogP contribution >= 0.6 is 0 Å². The van der Waals surface area contributed by atoms with Crippen molar-refractivity contribution >= 4 is 11.9 Å². The Hall–Kier alpha value is -1.82. The number of carboxylic acid groups (broad SMARTS) is 1. The van der Waals surface area contributed by atoms with Crippen LogP contribution in [-0.2, 0) is 9.53 Å². The van der Waals surface area contributed by atoms with Gasteiger partial charge in [0.25, 0.3) is 5.91 Å². The summed E-state index contributed by atoms with van der Waals surface area (Å²) in [4.78, 5) is 22.3. The van der Waals surface area contributed by atoms with Gasteiger partial charge in [-0.15, -0.1) is 0 Å². The van der Waals surface area contributed by atoms with Gasteiger partial charge in [-0.05, 0) is 19.9 Å². The van der Waals surface area contributed by atoms with E-state index in [4.69, 9.17) is 14.3 Å². The Morgan fingerprint density at radius 1 is 1.50 bits per heavy atom. The van der Waals surface area contributed by atoms with Crippen molar-refractivity contribution in [2.24, 2.45) is 0 Å². The normalized spacial score (nSPS) is 12.2. The summed E-state index contributed by atoms with van der Waals surface area (Å²) in [7, 11) is 1.41. The highest BCUT2D eigenvalue weighted by Gasteiger charge is 2.17. The number of hydrogen-bond acceptors (Lipinski definition) is 4. The molecule has 0 bridgehead atoms. The van der Waals surface area contributed by atoms with Crippen molar-refractivity contribution in [3.05, 3.63) is 23.2 Å². The van der Waals surface area contributed by atoms with Crippen molar-refractivity contribution in [3.63, 3.8) is 0 Å². The molecule has 1 rings (SSSR count). The van der Waals surface area contributed by atoms with Crippen molar-refractivity contribution in [3.8, 4) is 0 Å². The molecular weight excluding hydrogens is 238 g/mol. The molecule has 0 spiro atoms. The zero-order valence-corrected chi connectivity index (χ0v) is 10.6. The Labute approximate surface area is 105 Å². The molecule has 1 atom stereocenters. The Morgan fingerprint density at radius 3 is 2.61 bits per heavy atom. The predicted octanol–water partition coefficient (Wildman–Crippen LogP) is 1.12. The van der Waals surface area contributed by atoms with Gasteiger partial charge in [0.15, 0.2) is 0 Å². The number of hydrogen-bond donors (Lipinski definition) is 2. The van der Waals surface area contributed by atoms with E-state index in [1.165, 1.54) is 7.11 Å². The first-order valence-corrected chi connectivity index (χ1v) is 5.54. The summed E-state index contributed by atoms with van der Waals surface area (Å²) < 4.78 is 10.2. The topological polar surface area (TPSA) is 88.8 Å². The van der Waals surface area contributed by atoms with Crippen LogP contribution < -0.4 is 5.32 Å². The number of methoxy groups -OCH3 is 1. The van der Waals surface area contributed by atoms with Gasteiger partial charge in [-0.25, -0.2) is 0 Å². The molecule has 0 saturated heterocycles. The zero-order valence-electron chi connectivity index (χ0n) is 10.6. The van der Waals surface area contributed by atoms with Crippen molar-refractivity contribution in [2.45, 2.75) is 26.4 Å². The Morgan fingerprint density at radius 2 is 2.17 bits per heavy atom. The SMILES string of the molecule is COC(CNC(=O)c1cc(C)oc1C)CC(=O)O. The fraction of sp³-hybridized carbons (Fsp3) is 0.500. The molecule has 0 fully saturated rings. The molecule has 0 aliphatic heterocycles. The first-order valence-electron chi connectivity index (χ1n) is 5.54. The van der Waals surface area contributed by atoms with Gasteiger partial charge < -0.3 is 19.6 Å². The van der Waals surface area contributed by atoms with Crippen LogP contribution in [0.5, 0.6) is 0 Å². The average Bonchev–Trinajstić information content (AvgIpc) is 2.62. The molecule has 6 nitrogen and oxygen atoms in total. The lowest BCUT2D eigenvalue weighted by atomic mass is 10.2. The first-order chi connectivity index (χ1) is 8.43. The minimum atomic E-state index is -0.966. The summed E-state index contributed by atoms with van der Waals surface area (Å²) in [5.74, 6) is -0.0631. The molecule has 1 unspecified atom stereocenters. The molecule has 100 valence electrons. The molecule has 0 aromatic carbocycles. The van der Waals surface area contributed by atoms with Crippen LogP contribution in [0.3, 0.4) is 0 Å². The molecule has 0 radical (unpaired) electrons. The predicted molar refractivity (Wildman–Crippen MR) is 63.6 cm³/mol. The van der Waals surface area contributed by atoms with E-state index < -0.39 is 12.1 Å². The lowest BCUT2D eigenvalue weighted by Gasteiger charge is -2.13. The van der Waals surface area contributed by atoms with Crippen molar-refractivity contribution in [1.82, 2.24) is 5.32 Å². The van der Waals surface area contributed by atoms with Crippen molar-refractivity contribution in [1.29, 1.82) is 0 Å². The average molecular weight is 255 g/mol. The number of amides is 1. The van der Waals surface area contributed by atoms with E-state index in [-0.39, 0.29) is 18.9 Å². The molecule has 1 aromatic rings. The number of rotatable bonds is 6. The molecule has 0 aliphatic rings. The maximum absolute atomic E-state index is 11.8. The quantitative estimate of drug-likeness (QED) is 0.795. The van der Waals surface area contributed by atoms with Gasteiger partial charge in [-0.1, -0.05) is 0 Å². The largest absolute Gasteiger partial charge is 0.481 e. The summed E-state index contributed by atoms with van der Waals surface area (Å²) >= 11 is 0. The van der Waals surface area contributed by atoms with E-state index in [2.05, 4.69) is 5.32 Å². The van der Waals surface area contributed by atoms with Gasteiger partial charge in [0.1, 0.15) is 11.5 Å². The second kappa shape index (κ2) is 6.20. The molecule has 0 saturated carbocycles. The smallest absolute Gasteiger partial charge is 0.306 e. The Kier molecular flexibility index (Phi) is 4.91. The second-order valence-electron chi connectivity index (χ2n) is 3.99. The second-order valence-corrected chi connectivity index (χ2v) is 3.99. The van der Waals surface area contributed by atoms with Crippen molar-refractivity contribution < 1.29 is 23.8 Å². The van der Waals surface area contributed by atoms with Gasteiger partial charge in [0, 0.05) is 13.7 Å². The summed E-state index contributed by atoms with van der Waals surface area (Å²) in [6.07, 6.45) is -0.694. The number of ether oxygens (including phenoxy) is 1. The highest BCUT2D eigenvalue weighted by Crippen LogP contribution is 2.13. The van der Waals surface area contributed by atoms with Crippen LogP contribution in [0, 0.1) is 13.8 Å². The number of carbonyl (C=O) groups is 2. The zero-order chi connectivity index (χ0) is 13.7. The lowest BCUT2D eigenvalue weighted by molar-refractivity contribution is -0.139. The fourth-order valence-electron chi connectivity index (χ4n) is 1.59. The van der Waals surface area contributed by atoms with E-state index in [9.17, 15) is 9.59 Å². The van der Waals surface area contributed by atoms with Gasteiger partial charge in [0.05, 0.1) is 18.1 Å². The van der Waals surface area contributed by atoms with E-state index in [0.717, 1.165) is 0 Å². The Balaban J connectivity index is 2.55. The molecular formula is C12H17NO5. The van der Waals surface area contributed by atoms with Crippen LogP contribution in [0.2, 0.25) is 0 Å². The summed E-state index contributed by atoms with van der Waals surface area (Å²) in [5, 5.41) is 11.3. The number of furan rings is 1. The van der Waals surface area contributed by atoms with Gasteiger partial charge in [-0.2, -0.15) is 0 Å². The molecule has 18 heavy (non-hydrogen) atoms. The number of aryl methyl sites for hydroxylation is 2. The summed E-state index contributed by atoms with van der Waals surface area (Å²) in [5.41, 5.74) is 0.456. The maximum Gasteiger partial charge on any atom is 0.306 e. The van der Waals surface area contributed by atoms with E-state index in [1.807, 2.05) is 0 Å². The number of carbonyl (C=O) groups excluding carboxylic acids is 1. The third-order valence-electron chi connectivity index (χ3n) is 2.51. The molecule has 1 heterocycles. The summed E-state index contributed by atoms with van der Waals surface area (Å²) in [6.45, 7) is 3.60. The fourth-order valence-corrected chi connectivity index (χ4v) is 1.59. The van der Waals surface area contributed by atoms with E-state index in [1.54, 1.807) is 19.9 Å². The molecule has 6 heteroatoms. The van der Waals surface area contributed by atoms with Crippen LogP contribution in [0.15, 0.2) is 10.5 Å². The van der Waals surface area contributed by atoms with Crippen LogP contribution in [0.25, 0.3) is 0 Å². The van der Waals surface area contributed by atoms with Gasteiger partial charge >= 0.3 is 5.97 Å².